The first-order valence-electron chi connectivity index (χ1n) is 6.67. The van der Waals surface area contributed by atoms with Crippen molar-refractivity contribution in [3.8, 4) is 0 Å². The van der Waals surface area contributed by atoms with Gasteiger partial charge in [-0.3, -0.25) is 0 Å². The van der Waals surface area contributed by atoms with E-state index >= 15 is 0 Å². The molecule has 0 saturated carbocycles. The summed E-state index contributed by atoms with van der Waals surface area (Å²) in [6, 6.07) is 16.8. The molecule has 1 unspecified atom stereocenters. The quantitative estimate of drug-likeness (QED) is 0.843. The molecule has 0 spiro atoms. The lowest BCUT2D eigenvalue weighted by Crippen LogP contribution is -2.19. The van der Waals surface area contributed by atoms with Crippen LogP contribution < -0.4 is 5.32 Å². The fraction of sp³-hybridized carbons (Fsp3) is 0.294. The molecule has 0 aliphatic heterocycles. The molecule has 2 aromatic carbocycles. The summed E-state index contributed by atoms with van der Waals surface area (Å²) in [5.41, 5.74) is 3.73. The van der Waals surface area contributed by atoms with Crippen LogP contribution >= 0.6 is 11.6 Å². The highest BCUT2D eigenvalue weighted by molar-refractivity contribution is 6.31. The molecule has 1 atom stereocenters. The van der Waals surface area contributed by atoms with E-state index < -0.39 is 0 Å². The average Bonchev–Trinajstić information content (AvgIpc) is 2.42. The van der Waals surface area contributed by atoms with Crippen molar-refractivity contribution in [3.63, 3.8) is 0 Å². The second kappa shape index (κ2) is 6.74. The highest BCUT2D eigenvalue weighted by atomic mass is 35.5. The summed E-state index contributed by atoms with van der Waals surface area (Å²) in [6.07, 6.45) is 0. The summed E-state index contributed by atoms with van der Waals surface area (Å²) in [6.45, 7) is 6.06. The third-order valence-corrected chi connectivity index (χ3v) is 3.69. The van der Waals surface area contributed by atoms with Gasteiger partial charge in [-0.25, -0.2) is 0 Å². The second-order valence-electron chi connectivity index (χ2n) is 5.04. The fourth-order valence-corrected chi connectivity index (χ4v) is 2.42. The first-order chi connectivity index (χ1) is 9.16. The topological polar surface area (TPSA) is 12.0 Å². The van der Waals surface area contributed by atoms with Gasteiger partial charge in [0, 0.05) is 18.1 Å². The monoisotopic (exact) mass is 273 g/mol. The summed E-state index contributed by atoms with van der Waals surface area (Å²) < 4.78 is 0. The summed E-state index contributed by atoms with van der Waals surface area (Å²) in [5, 5.41) is 4.32. The predicted molar refractivity (Wildman–Crippen MR) is 82.8 cm³/mol. The van der Waals surface area contributed by atoms with Crippen molar-refractivity contribution in [2.75, 3.05) is 6.54 Å². The largest absolute Gasteiger partial charge is 0.312 e. The maximum Gasteiger partial charge on any atom is 0.0453 e. The van der Waals surface area contributed by atoms with Gasteiger partial charge in [-0.05, 0) is 35.6 Å². The summed E-state index contributed by atoms with van der Waals surface area (Å²) >= 11 is 6.22. The lowest BCUT2D eigenvalue weighted by molar-refractivity contribution is 0.615. The zero-order valence-electron chi connectivity index (χ0n) is 11.5. The minimum absolute atomic E-state index is 0.505. The average molecular weight is 274 g/mol. The third-order valence-electron chi connectivity index (χ3n) is 3.34. The Kier molecular flexibility index (Phi) is 5.00. The zero-order chi connectivity index (χ0) is 13.7. The molecule has 1 N–H and O–H groups in total. The number of aryl methyl sites for hydroxylation is 1. The van der Waals surface area contributed by atoms with E-state index in [0.29, 0.717) is 5.92 Å². The van der Waals surface area contributed by atoms with E-state index in [9.17, 15) is 0 Å². The molecule has 0 aliphatic rings. The minimum Gasteiger partial charge on any atom is -0.312 e. The Labute approximate surface area is 120 Å². The van der Waals surface area contributed by atoms with Gasteiger partial charge >= 0.3 is 0 Å². The molecular formula is C17H20ClN. The van der Waals surface area contributed by atoms with Crippen LogP contribution in [0.5, 0.6) is 0 Å². The van der Waals surface area contributed by atoms with Gasteiger partial charge in [0.15, 0.2) is 0 Å². The van der Waals surface area contributed by atoms with Gasteiger partial charge in [0.25, 0.3) is 0 Å². The van der Waals surface area contributed by atoms with Gasteiger partial charge in [0.2, 0.25) is 0 Å². The van der Waals surface area contributed by atoms with Crippen LogP contribution in [0, 0.1) is 6.92 Å². The Morgan fingerprint density at radius 2 is 1.84 bits per heavy atom. The highest BCUT2D eigenvalue weighted by Gasteiger charge is 2.05. The van der Waals surface area contributed by atoms with Gasteiger partial charge in [-0.15, -0.1) is 0 Å². The molecule has 0 radical (unpaired) electrons. The molecule has 0 amide bonds. The molecule has 0 aromatic heterocycles. The molecule has 0 aliphatic carbocycles. The molecule has 19 heavy (non-hydrogen) atoms. The third kappa shape index (κ3) is 4.09. The van der Waals surface area contributed by atoms with Crippen LogP contribution in [-0.2, 0) is 6.54 Å². The molecule has 0 heterocycles. The van der Waals surface area contributed by atoms with Gasteiger partial charge in [-0.2, -0.15) is 0 Å². The van der Waals surface area contributed by atoms with E-state index in [4.69, 9.17) is 11.6 Å². The van der Waals surface area contributed by atoms with E-state index in [1.807, 2.05) is 6.07 Å². The molecule has 1 nitrogen and oxygen atoms in total. The number of rotatable bonds is 5. The van der Waals surface area contributed by atoms with Crippen molar-refractivity contribution in [2.45, 2.75) is 26.3 Å². The Morgan fingerprint density at radius 1 is 1.11 bits per heavy atom. The second-order valence-corrected chi connectivity index (χ2v) is 5.44. The van der Waals surface area contributed by atoms with Crippen molar-refractivity contribution < 1.29 is 0 Å². The molecular weight excluding hydrogens is 254 g/mol. The van der Waals surface area contributed by atoms with Crippen LogP contribution in [0.3, 0.4) is 0 Å². The van der Waals surface area contributed by atoms with Crippen molar-refractivity contribution >= 4 is 11.6 Å². The molecule has 100 valence electrons. The first kappa shape index (κ1) is 14.1. The van der Waals surface area contributed by atoms with Crippen LogP contribution in [-0.4, -0.2) is 6.54 Å². The summed E-state index contributed by atoms with van der Waals surface area (Å²) in [4.78, 5) is 0. The van der Waals surface area contributed by atoms with Crippen LogP contribution in [0.2, 0.25) is 5.02 Å². The van der Waals surface area contributed by atoms with Crippen molar-refractivity contribution in [1.29, 1.82) is 0 Å². The maximum atomic E-state index is 6.22. The Hall–Kier alpha value is -1.31. The number of halogens is 1. The Morgan fingerprint density at radius 3 is 2.53 bits per heavy atom. The molecule has 0 fully saturated rings. The van der Waals surface area contributed by atoms with Crippen LogP contribution in [0.15, 0.2) is 48.5 Å². The van der Waals surface area contributed by atoms with Gasteiger partial charge in [-0.1, -0.05) is 61.0 Å². The molecule has 2 rings (SSSR count). The maximum absolute atomic E-state index is 6.22. The van der Waals surface area contributed by atoms with Crippen molar-refractivity contribution in [2.24, 2.45) is 0 Å². The van der Waals surface area contributed by atoms with Crippen molar-refractivity contribution in [3.05, 3.63) is 70.2 Å². The van der Waals surface area contributed by atoms with E-state index in [0.717, 1.165) is 23.7 Å². The van der Waals surface area contributed by atoms with E-state index in [-0.39, 0.29) is 0 Å². The molecule has 0 bridgehead atoms. The standard InChI is InChI=1S/C17H20ClN/c1-13-8-9-16(17(18)10-13)12-19-11-14(2)15-6-4-3-5-7-15/h3-10,14,19H,11-12H2,1-2H3. The minimum atomic E-state index is 0.505. The number of nitrogens with one attached hydrogen (secondary N) is 1. The van der Waals surface area contributed by atoms with Crippen molar-refractivity contribution in [1.82, 2.24) is 5.32 Å². The van der Waals surface area contributed by atoms with Crippen LogP contribution in [0.1, 0.15) is 29.5 Å². The Balaban J connectivity index is 1.86. The normalized spacial score (nSPS) is 12.4. The molecule has 2 aromatic rings. The summed E-state index contributed by atoms with van der Waals surface area (Å²) in [5.74, 6) is 0.505. The van der Waals surface area contributed by atoms with Crippen LogP contribution in [0.25, 0.3) is 0 Å². The number of benzene rings is 2. The highest BCUT2D eigenvalue weighted by Crippen LogP contribution is 2.18. The number of hydrogen-bond acceptors (Lipinski definition) is 1. The first-order valence-corrected chi connectivity index (χ1v) is 7.05. The fourth-order valence-electron chi connectivity index (χ4n) is 2.12. The molecule has 0 saturated heterocycles. The van der Waals surface area contributed by atoms with E-state index in [1.54, 1.807) is 0 Å². The zero-order valence-corrected chi connectivity index (χ0v) is 12.2. The van der Waals surface area contributed by atoms with Gasteiger partial charge < -0.3 is 5.32 Å². The Bertz CT molecular complexity index is 522. The summed E-state index contributed by atoms with van der Waals surface area (Å²) in [7, 11) is 0. The smallest absolute Gasteiger partial charge is 0.0453 e. The van der Waals surface area contributed by atoms with E-state index in [1.165, 1.54) is 11.1 Å². The SMILES string of the molecule is Cc1ccc(CNCC(C)c2ccccc2)c(Cl)c1. The van der Waals surface area contributed by atoms with Gasteiger partial charge in [0.05, 0.1) is 0 Å². The lowest BCUT2D eigenvalue weighted by atomic mass is 10.0. The lowest BCUT2D eigenvalue weighted by Gasteiger charge is -2.13. The van der Waals surface area contributed by atoms with Crippen LogP contribution in [0.4, 0.5) is 0 Å². The number of hydrogen-bond donors (Lipinski definition) is 1. The predicted octanol–water partition coefficient (Wildman–Crippen LogP) is 4.54. The molecule has 2 heteroatoms. The van der Waals surface area contributed by atoms with Gasteiger partial charge in [0.1, 0.15) is 0 Å². The van der Waals surface area contributed by atoms with E-state index in [2.05, 4.69) is 61.6 Å².